The topological polar surface area (TPSA) is 51.8 Å². The molecule has 22 heavy (non-hydrogen) atoms. The lowest BCUT2D eigenvalue weighted by molar-refractivity contribution is -0.136. The van der Waals surface area contributed by atoms with E-state index >= 15 is 0 Å². The number of alkyl halides is 3. The molecule has 3 rings (SSSR count). The molecular formula is C16H18F3N3. The molecule has 1 aromatic heterocycles. The van der Waals surface area contributed by atoms with Gasteiger partial charge in [0.15, 0.2) is 0 Å². The summed E-state index contributed by atoms with van der Waals surface area (Å²) in [5.41, 5.74) is 6.46. The number of hydrogen-bond donors (Lipinski definition) is 1. The van der Waals surface area contributed by atoms with Crippen LogP contribution in [0.5, 0.6) is 0 Å². The monoisotopic (exact) mass is 309 g/mol. The molecule has 1 heterocycles. The van der Waals surface area contributed by atoms with Gasteiger partial charge in [-0.3, -0.25) is 9.97 Å². The van der Waals surface area contributed by atoms with Crippen molar-refractivity contribution < 1.29 is 13.2 Å². The molecule has 0 saturated heterocycles. The Morgan fingerprint density at radius 2 is 1.73 bits per heavy atom. The summed E-state index contributed by atoms with van der Waals surface area (Å²) in [6, 6.07) is 2.76. The van der Waals surface area contributed by atoms with Crippen LogP contribution in [0.1, 0.15) is 43.2 Å². The van der Waals surface area contributed by atoms with Crippen LogP contribution in [0.25, 0.3) is 11.0 Å². The van der Waals surface area contributed by atoms with Crippen LogP contribution in [0.2, 0.25) is 0 Å². The van der Waals surface area contributed by atoms with E-state index in [1.165, 1.54) is 12.4 Å². The van der Waals surface area contributed by atoms with Crippen molar-refractivity contribution in [1.29, 1.82) is 0 Å². The third-order valence-corrected chi connectivity index (χ3v) is 4.38. The lowest BCUT2D eigenvalue weighted by atomic mass is 9.76. The minimum atomic E-state index is -4.43. The fourth-order valence-corrected chi connectivity index (χ4v) is 3.55. The molecule has 3 atom stereocenters. The maximum atomic E-state index is 13.1. The second-order valence-electron chi connectivity index (χ2n) is 6.22. The van der Waals surface area contributed by atoms with Gasteiger partial charge in [0, 0.05) is 18.4 Å². The second-order valence-corrected chi connectivity index (χ2v) is 6.22. The highest BCUT2D eigenvalue weighted by Gasteiger charge is 2.35. The summed E-state index contributed by atoms with van der Waals surface area (Å²) in [6.45, 7) is 2.13. The zero-order valence-corrected chi connectivity index (χ0v) is 12.3. The Morgan fingerprint density at radius 3 is 2.36 bits per heavy atom. The summed E-state index contributed by atoms with van der Waals surface area (Å²) < 4.78 is 39.4. The Hall–Kier alpha value is -1.69. The fourth-order valence-electron chi connectivity index (χ4n) is 3.55. The Balaban J connectivity index is 2.12. The van der Waals surface area contributed by atoms with Crippen LogP contribution in [0.3, 0.4) is 0 Å². The van der Waals surface area contributed by atoms with Gasteiger partial charge in [-0.15, -0.1) is 0 Å². The van der Waals surface area contributed by atoms with Crippen LogP contribution in [0.4, 0.5) is 13.2 Å². The van der Waals surface area contributed by atoms with Crippen LogP contribution in [0, 0.1) is 5.92 Å². The summed E-state index contributed by atoms with van der Waals surface area (Å²) in [6.07, 6.45) is 0.977. The van der Waals surface area contributed by atoms with Crippen molar-refractivity contribution >= 4 is 11.0 Å². The number of benzene rings is 1. The van der Waals surface area contributed by atoms with E-state index in [1.807, 2.05) is 0 Å². The maximum absolute atomic E-state index is 13.1. The number of nitrogens with zero attached hydrogens (tertiary/aromatic N) is 2. The Labute approximate surface area is 126 Å². The first kappa shape index (κ1) is 15.2. The van der Waals surface area contributed by atoms with Gasteiger partial charge in [0.1, 0.15) is 5.52 Å². The summed E-state index contributed by atoms with van der Waals surface area (Å²) >= 11 is 0. The van der Waals surface area contributed by atoms with E-state index in [0.29, 0.717) is 11.4 Å². The van der Waals surface area contributed by atoms with Gasteiger partial charge in [-0.05, 0) is 42.7 Å². The summed E-state index contributed by atoms with van der Waals surface area (Å²) in [4.78, 5) is 8.10. The van der Waals surface area contributed by atoms with Crippen molar-refractivity contribution in [3.05, 3.63) is 35.7 Å². The van der Waals surface area contributed by atoms with Crippen LogP contribution in [0.15, 0.2) is 24.5 Å². The van der Waals surface area contributed by atoms with E-state index < -0.39 is 11.7 Å². The molecule has 1 fully saturated rings. The van der Waals surface area contributed by atoms with Crippen molar-refractivity contribution in [3.8, 4) is 0 Å². The third kappa shape index (κ3) is 2.79. The quantitative estimate of drug-likeness (QED) is 0.869. The minimum Gasteiger partial charge on any atom is -0.328 e. The second kappa shape index (κ2) is 5.50. The van der Waals surface area contributed by atoms with E-state index in [-0.39, 0.29) is 17.5 Å². The molecule has 3 nitrogen and oxygen atoms in total. The largest absolute Gasteiger partial charge is 0.418 e. The van der Waals surface area contributed by atoms with Gasteiger partial charge in [-0.25, -0.2) is 0 Å². The highest BCUT2D eigenvalue weighted by Crippen LogP contribution is 2.40. The van der Waals surface area contributed by atoms with Crippen molar-refractivity contribution in [3.63, 3.8) is 0 Å². The number of fused-ring (bicyclic) bond motifs is 1. The van der Waals surface area contributed by atoms with Crippen LogP contribution < -0.4 is 5.73 Å². The molecule has 0 amide bonds. The Kier molecular flexibility index (Phi) is 3.80. The van der Waals surface area contributed by atoms with Gasteiger partial charge >= 0.3 is 6.18 Å². The van der Waals surface area contributed by atoms with Gasteiger partial charge < -0.3 is 5.73 Å². The summed E-state index contributed by atoms with van der Waals surface area (Å²) in [5.74, 6) is 0.600. The van der Waals surface area contributed by atoms with E-state index in [2.05, 4.69) is 16.9 Å². The molecule has 0 spiro atoms. The van der Waals surface area contributed by atoms with Gasteiger partial charge in [-0.1, -0.05) is 13.0 Å². The number of nitrogens with two attached hydrogens (primary N) is 1. The maximum Gasteiger partial charge on any atom is 0.418 e. The number of aromatic nitrogens is 2. The van der Waals surface area contributed by atoms with Gasteiger partial charge in [-0.2, -0.15) is 13.2 Å². The molecule has 0 radical (unpaired) electrons. The predicted molar refractivity (Wildman–Crippen MR) is 78.3 cm³/mol. The summed E-state index contributed by atoms with van der Waals surface area (Å²) in [7, 11) is 0. The molecule has 1 aliphatic carbocycles. The Bertz CT molecular complexity index is 674. The molecule has 1 aromatic carbocycles. The van der Waals surface area contributed by atoms with Crippen molar-refractivity contribution in [2.45, 2.75) is 44.3 Å². The van der Waals surface area contributed by atoms with E-state index in [1.54, 1.807) is 6.07 Å². The zero-order chi connectivity index (χ0) is 15.9. The molecule has 2 N–H and O–H groups in total. The lowest BCUT2D eigenvalue weighted by Crippen LogP contribution is -2.31. The van der Waals surface area contributed by atoms with Crippen molar-refractivity contribution in [1.82, 2.24) is 9.97 Å². The van der Waals surface area contributed by atoms with E-state index in [9.17, 15) is 13.2 Å². The molecule has 0 aliphatic heterocycles. The fraction of sp³-hybridized carbons (Fsp3) is 0.500. The standard InChI is InChI=1S/C16H18F3N3/c1-9-6-10(8-11(20)7-9)12-2-3-13(16(17,18)19)15-14(12)21-4-5-22-15/h2-5,9-11H,6-8,20H2,1H3. The van der Waals surface area contributed by atoms with E-state index in [0.717, 1.165) is 30.9 Å². The summed E-state index contributed by atoms with van der Waals surface area (Å²) in [5, 5.41) is 0. The Morgan fingerprint density at radius 1 is 1.05 bits per heavy atom. The molecule has 3 unspecified atom stereocenters. The van der Waals surface area contributed by atoms with Crippen LogP contribution in [-0.4, -0.2) is 16.0 Å². The van der Waals surface area contributed by atoms with Crippen molar-refractivity contribution in [2.75, 3.05) is 0 Å². The predicted octanol–water partition coefficient (Wildman–Crippen LogP) is 3.88. The first-order valence-corrected chi connectivity index (χ1v) is 7.42. The highest BCUT2D eigenvalue weighted by atomic mass is 19.4. The molecule has 1 aliphatic rings. The van der Waals surface area contributed by atoms with Crippen molar-refractivity contribution in [2.24, 2.45) is 11.7 Å². The average Bonchev–Trinajstić information content (AvgIpc) is 2.44. The molecule has 0 bridgehead atoms. The van der Waals surface area contributed by atoms with Gasteiger partial charge in [0.25, 0.3) is 0 Å². The minimum absolute atomic E-state index is 0.0701. The first-order chi connectivity index (χ1) is 10.4. The normalized spacial score (nSPS) is 26.3. The van der Waals surface area contributed by atoms with Crippen LogP contribution in [-0.2, 0) is 6.18 Å². The smallest absolute Gasteiger partial charge is 0.328 e. The van der Waals surface area contributed by atoms with E-state index in [4.69, 9.17) is 5.73 Å². The number of halogens is 3. The zero-order valence-electron chi connectivity index (χ0n) is 12.3. The first-order valence-electron chi connectivity index (χ1n) is 7.42. The molecule has 118 valence electrons. The molecule has 1 saturated carbocycles. The van der Waals surface area contributed by atoms with Gasteiger partial charge in [0.2, 0.25) is 0 Å². The number of hydrogen-bond acceptors (Lipinski definition) is 3. The molecule has 6 heteroatoms. The highest BCUT2D eigenvalue weighted by molar-refractivity contribution is 5.82. The van der Waals surface area contributed by atoms with Crippen LogP contribution >= 0.6 is 0 Å². The number of rotatable bonds is 1. The lowest BCUT2D eigenvalue weighted by Gasteiger charge is -2.32. The van der Waals surface area contributed by atoms with Gasteiger partial charge in [0.05, 0.1) is 11.1 Å². The third-order valence-electron chi connectivity index (χ3n) is 4.38. The molecular weight excluding hydrogens is 291 g/mol. The average molecular weight is 309 g/mol. The molecule has 2 aromatic rings. The SMILES string of the molecule is CC1CC(N)CC(c2ccc(C(F)(F)F)c3nccnc23)C1.